The first kappa shape index (κ1) is 12.3. The molecule has 0 aliphatic rings. The summed E-state index contributed by atoms with van der Waals surface area (Å²) < 4.78 is 2.02. The van der Waals surface area contributed by atoms with Crippen LogP contribution >= 0.6 is 0 Å². The van der Waals surface area contributed by atoms with Crippen LogP contribution in [0.1, 0.15) is 11.6 Å². The lowest BCUT2D eigenvalue weighted by Gasteiger charge is -2.08. The average Bonchev–Trinajstić information content (AvgIpc) is 2.74. The second-order valence-electron chi connectivity index (χ2n) is 4.07. The quantitative estimate of drug-likeness (QED) is 0.830. The Labute approximate surface area is 106 Å². The molecule has 0 saturated carbocycles. The summed E-state index contributed by atoms with van der Waals surface area (Å²) in [6, 6.07) is 1.89. The Hall–Kier alpha value is -2.11. The van der Waals surface area contributed by atoms with Crippen molar-refractivity contribution in [2.45, 2.75) is 13.3 Å². The van der Waals surface area contributed by atoms with E-state index in [-0.39, 0.29) is 0 Å². The SMILES string of the molecule is CNc1cc(NCCc2nccn2C)nc(C)n1. The van der Waals surface area contributed by atoms with Gasteiger partial charge in [-0.25, -0.2) is 15.0 Å². The summed E-state index contributed by atoms with van der Waals surface area (Å²) >= 11 is 0. The average molecular weight is 246 g/mol. The summed E-state index contributed by atoms with van der Waals surface area (Å²) in [4.78, 5) is 12.9. The number of nitrogens with one attached hydrogen (secondary N) is 2. The van der Waals surface area contributed by atoms with Gasteiger partial charge in [0.1, 0.15) is 23.3 Å². The van der Waals surface area contributed by atoms with E-state index in [4.69, 9.17) is 0 Å². The fourth-order valence-electron chi connectivity index (χ4n) is 1.73. The Balaban J connectivity index is 1.94. The van der Waals surface area contributed by atoms with Gasteiger partial charge in [0.15, 0.2) is 0 Å². The topological polar surface area (TPSA) is 67.7 Å². The van der Waals surface area contributed by atoms with E-state index in [1.54, 1.807) is 0 Å². The van der Waals surface area contributed by atoms with Gasteiger partial charge in [-0.1, -0.05) is 0 Å². The molecule has 0 atom stereocenters. The van der Waals surface area contributed by atoms with Gasteiger partial charge in [-0.05, 0) is 6.92 Å². The predicted octanol–water partition coefficient (Wildman–Crippen LogP) is 1.21. The zero-order valence-electron chi connectivity index (χ0n) is 10.9. The monoisotopic (exact) mass is 246 g/mol. The summed E-state index contributed by atoms with van der Waals surface area (Å²) in [5.74, 6) is 3.46. The van der Waals surface area contributed by atoms with Crippen LogP contribution in [0.15, 0.2) is 18.5 Å². The maximum atomic E-state index is 4.33. The third-order valence-electron chi connectivity index (χ3n) is 2.67. The minimum atomic E-state index is 0.751. The highest BCUT2D eigenvalue weighted by molar-refractivity contribution is 5.47. The van der Waals surface area contributed by atoms with E-state index in [0.29, 0.717) is 0 Å². The number of hydrogen-bond donors (Lipinski definition) is 2. The van der Waals surface area contributed by atoms with Crippen molar-refractivity contribution in [2.24, 2.45) is 7.05 Å². The summed E-state index contributed by atoms with van der Waals surface area (Å²) in [6.07, 6.45) is 4.62. The lowest BCUT2D eigenvalue weighted by Crippen LogP contribution is -2.10. The van der Waals surface area contributed by atoms with Crippen LogP contribution in [-0.4, -0.2) is 33.1 Å². The molecule has 0 radical (unpaired) electrons. The van der Waals surface area contributed by atoms with E-state index < -0.39 is 0 Å². The number of hydrogen-bond acceptors (Lipinski definition) is 5. The van der Waals surface area contributed by atoms with Crippen LogP contribution in [0.25, 0.3) is 0 Å². The first-order chi connectivity index (χ1) is 8.69. The number of rotatable bonds is 5. The smallest absolute Gasteiger partial charge is 0.131 e. The van der Waals surface area contributed by atoms with Crippen LogP contribution in [0.4, 0.5) is 11.6 Å². The van der Waals surface area contributed by atoms with Gasteiger partial charge in [-0.3, -0.25) is 0 Å². The fraction of sp³-hybridized carbons (Fsp3) is 0.417. The van der Waals surface area contributed by atoms with Crippen molar-refractivity contribution in [3.63, 3.8) is 0 Å². The fourth-order valence-corrected chi connectivity index (χ4v) is 1.73. The van der Waals surface area contributed by atoms with E-state index in [2.05, 4.69) is 25.6 Å². The molecule has 0 aliphatic carbocycles. The van der Waals surface area contributed by atoms with Crippen LogP contribution in [0.2, 0.25) is 0 Å². The van der Waals surface area contributed by atoms with Gasteiger partial charge in [-0.2, -0.15) is 0 Å². The number of nitrogens with zero attached hydrogens (tertiary/aromatic N) is 4. The lowest BCUT2D eigenvalue weighted by molar-refractivity contribution is 0.788. The number of aromatic nitrogens is 4. The summed E-state index contributed by atoms with van der Waals surface area (Å²) in [5, 5.41) is 6.29. The summed E-state index contributed by atoms with van der Waals surface area (Å²) in [5.41, 5.74) is 0. The number of imidazole rings is 1. The number of aryl methyl sites for hydroxylation is 2. The zero-order chi connectivity index (χ0) is 13.0. The molecule has 0 fully saturated rings. The van der Waals surface area contributed by atoms with Crippen LogP contribution in [-0.2, 0) is 13.5 Å². The lowest BCUT2D eigenvalue weighted by atomic mass is 10.4. The second-order valence-corrected chi connectivity index (χ2v) is 4.07. The standard InChI is InChI=1S/C12H18N6/c1-9-16-10(13-2)8-11(17-9)14-5-4-12-15-6-7-18(12)3/h6-8H,4-5H2,1-3H3,(H2,13,14,16,17). The highest BCUT2D eigenvalue weighted by Crippen LogP contribution is 2.10. The molecule has 0 bridgehead atoms. The Morgan fingerprint density at radius 1 is 1.28 bits per heavy atom. The third kappa shape index (κ3) is 2.97. The van der Waals surface area contributed by atoms with Gasteiger partial charge in [0, 0.05) is 45.5 Å². The van der Waals surface area contributed by atoms with Crippen molar-refractivity contribution in [2.75, 3.05) is 24.2 Å². The molecule has 18 heavy (non-hydrogen) atoms. The first-order valence-corrected chi connectivity index (χ1v) is 5.92. The van der Waals surface area contributed by atoms with E-state index in [0.717, 1.165) is 36.3 Å². The maximum absolute atomic E-state index is 4.33. The molecule has 6 heteroatoms. The molecule has 96 valence electrons. The molecule has 2 rings (SSSR count). The number of anilines is 2. The van der Waals surface area contributed by atoms with Gasteiger partial charge < -0.3 is 15.2 Å². The van der Waals surface area contributed by atoms with E-state index in [1.807, 2.05) is 44.0 Å². The molecule has 0 spiro atoms. The van der Waals surface area contributed by atoms with Crippen molar-refractivity contribution < 1.29 is 0 Å². The molecule has 0 aromatic carbocycles. The maximum Gasteiger partial charge on any atom is 0.131 e. The van der Waals surface area contributed by atoms with Gasteiger partial charge in [0.2, 0.25) is 0 Å². The zero-order valence-corrected chi connectivity index (χ0v) is 10.9. The Morgan fingerprint density at radius 2 is 2.06 bits per heavy atom. The summed E-state index contributed by atoms with van der Waals surface area (Å²) in [7, 11) is 3.84. The van der Waals surface area contributed by atoms with Crippen molar-refractivity contribution in [3.05, 3.63) is 30.1 Å². The van der Waals surface area contributed by atoms with Crippen molar-refractivity contribution >= 4 is 11.6 Å². The molecule has 2 aromatic rings. The third-order valence-corrected chi connectivity index (χ3v) is 2.67. The van der Waals surface area contributed by atoms with Crippen LogP contribution in [0.5, 0.6) is 0 Å². The van der Waals surface area contributed by atoms with Crippen molar-refractivity contribution in [1.82, 2.24) is 19.5 Å². The predicted molar refractivity (Wildman–Crippen MR) is 71.7 cm³/mol. The van der Waals surface area contributed by atoms with Crippen LogP contribution in [0, 0.1) is 6.92 Å². The molecule has 2 heterocycles. The molecular formula is C12H18N6. The summed E-state index contributed by atoms with van der Waals surface area (Å²) in [6.45, 7) is 2.68. The molecule has 6 nitrogen and oxygen atoms in total. The first-order valence-electron chi connectivity index (χ1n) is 5.92. The minimum Gasteiger partial charge on any atom is -0.373 e. The molecule has 0 unspecified atom stereocenters. The van der Waals surface area contributed by atoms with Gasteiger partial charge in [-0.15, -0.1) is 0 Å². The Morgan fingerprint density at radius 3 is 2.72 bits per heavy atom. The minimum absolute atomic E-state index is 0.751. The van der Waals surface area contributed by atoms with Crippen LogP contribution < -0.4 is 10.6 Å². The Kier molecular flexibility index (Phi) is 3.76. The van der Waals surface area contributed by atoms with E-state index in [9.17, 15) is 0 Å². The largest absolute Gasteiger partial charge is 0.373 e. The van der Waals surface area contributed by atoms with E-state index >= 15 is 0 Å². The second kappa shape index (κ2) is 5.48. The van der Waals surface area contributed by atoms with Crippen molar-refractivity contribution in [1.29, 1.82) is 0 Å². The van der Waals surface area contributed by atoms with Crippen molar-refractivity contribution in [3.8, 4) is 0 Å². The van der Waals surface area contributed by atoms with Crippen LogP contribution in [0.3, 0.4) is 0 Å². The normalized spacial score (nSPS) is 10.4. The molecule has 0 saturated heterocycles. The molecule has 0 aliphatic heterocycles. The highest BCUT2D eigenvalue weighted by atomic mass is 15.1. The molecule has 2 aromatic heterocycles. The Bertz CT molecular complexity index is 519. The van der Waals surface area contributed by atoms with E-state index in [1.165, 1.54) is 0 Å². The molecular weight excluding hydrogens is 228 g/mol. The van der Waals surface area contributed by atoms with Gasteiger partial charge in [0.05, 0.1) is 0 Å². The highest BCUT2D eigenvalue weighted by Gasteiger charge is 2.02. The molecule has 0 amide bonds. The molecule has 2 N–H and O–H groups in total. The van der Waals surface area contributed by atoms with Gasteiger partial charge >= 0.3 is 0 Å². The van der Waals surface area contributed by atoms with Gasteiger partial charge in [0.25, 0.3) is 0 Å².